The van der Waals surface area contributed by atoms with Crippen LogP contribution in [0.15, 0.2) is 29.4 Å². The summed E-state index contributed by atoms with van der Waals surface area (Å²) in [6, 6.07) is 6.21. The summed E-state index contributed by atoms with van der Waals surface area (Å²) < 4.78 is 23.1. The Balaban J connectivity index is 0.00000225. The number of fused-ring (bicyclic) bond motifs is 1. The van der Waals surface area contributed by atoms with Crippen molar-refractivity contribution in [3.05, 3.63) is 35.5 Å². The molecule has 1 atom stereocenters. The van der Waals surface area contributed by atoms with E-state index in [2.05, 4.69) is 51.9 Å². The van der Waals surface area contributed by atoms with Crippen LogP contribution in [-0.4, -0.2) is 50.5 Å². The van der Waals surface area contributed by atoms with Gasteiger partial charge in [-0.05, 0) is 37.0 Å². The van der Waals surface area contributed by atoms with Crippen molar-refractivity contribution in [3.8, 4) is 0 Å². The number of hydrogen-bond donors (Lipinski definition) is 3. The molecule has 2 aromatic rings. The Kier molecular flexibility index (Phi) is 6.72. The zero-order valence-electron chi connectivity index (χ0n) is 14.5. The summed E-state index contributed by atoms with van der Waals surface area (Å²) in [5.41, 5.74) is 3.69. The summed E-state index contributed by atoms with van der Waals surface area (Å²) >= 11 is 0. The first-order chi connectivity index (χ1) is 11.5. The van der Waals surface area contributed by atoms with E-state index in [4.69, 9.17) is 0 Å². The van der Waals surface area contributed by atoms with Crippen LogP contribution in [0.2, 0.25) is 0 Å². The molecule has 138 valence electrons. The summed E-state index contributed by atoms with van der Waals surface area (Å²) in [4.78, 5) is 7.50. The molecule has 0 saturated carbocycles. The standard InChI is InChI=1S/C17H24N4O2S.HI/c1-12-4-3-5-15-16(12)13(10-20-15)6-8-19-17(18-2)21-14-7-9-24(22,23)11-14;/h3-5,10,14,20H,6-9,11H2,1-2H3,(H2,18,19,21);1H. The van der Waals surface area contributed by atoms with E-state index in [-0.39, 0.29) is 41.5 Å². The Morgan fingerprint density at radius 3 is 2.88 bits per heavy atom. The zero-order valence-corrected chi connectivity index (χ0v) is 17.6. The molecule has 0 aliphatic carbocycles. The van der Waals surface area contributed by atoms with Gasteiger partial charge in [0.25, 0.3) is 0 Å². The average molecular weight is 476 g/mol. The maximum Gasteiger partial charge on any atom is 0.191 e. The van der Waals surface area contributed by atoms with Gasteiger partial charge in [0, 0.05) is 36.7 Å². The molecule has 1 fully saturated rings. The van der Waals surface area contributed by atoms with E-state index in [1.807, 2.05) is 0 Å². The van der Waals surface area contributed by atoms with Crippen molar-refractivity contribution in [1.82, 2.24) is 15.6 Å². The van der Waals surface area contributed by atoms with Gasteiger partial charge < -0.3 is 15.6 Å². The van der Waals surface area contributed by atoms with E-state index in [9.17, 15) is 8.42 Å². The lowest BCUT2D eigenvalue weighted by Crippen LogP contribution is -2.44. The number of sulfone groups is 1. The summed E-state index contributed by atoms with van der Waals surface area (Å²) in [5.74, 6) is 1.11. The van der Waals surface area contributed by atoms with Gasteiger partial charge in [0.1, 0.15) is 0 Å². The number of aromatic nitrogens is 1. The maximum atomic E-state index is 11.5. The zero-order chi connectivity index (χ0) is 17.2. The van der Waals surface area contributed by atoms with E-state index >= 15 is 0 Å². The number of aryl methyl sites for hydroxylation is 1. The smallest absolute Gasteiger partial charge is 0.191 e. The fourth-order valence-corrected chi connectivity index (χ4v) is 4.93. The maximum absolute atomic E-state index is 11.5. The average Bonchev–Trinajstić information content (AvgIpc) is 3.10. The van der Waals surface area contributed by atoms with Crippen molar-refractivity contribution in [2.45, 2.75) is 25.8 Å². The Bertz CT molecular complexity index is 861. The third-order valence-corrected chi connectivity index (χ3v) is 6.25. The number of guanidine groups is 1. The highest BCUT2D eigenvalue weighted by molar-refractivity contribution is 14.0. The molecule has 2 heterocycles. The largest absolute Gasteiger partial charge is 0.361 e. The molecule has 3 N–H and O–H groups in total. The van der Waals surface area contributed by atoms with Gasteiger partial charge in [0.15, 0.2) is 15.8 Å². The van der Waals surface area contributed by atoms with Gasteiger partial charge in [-0.15, -0.1) is 24.0 Å². The molecule has 0 amide bonds. The van der Waals surface area contributed by atoms with E-state index in [1.54, 1.807) is 7.05 Å². The first kappa shape index (κ1) is 20.0. The van der Waals surface area contributed by atoms with Crippen molar-refractivity contribution < 1.29 is 8.42 Å². The minimum atomic E-state index is -2.88. The minimum Gasteiger partial charge on any atom is -0.361 e. The van der Waals surface area contributed by atoms with Gasteiger partial charge >= 0.3 is 0 Å². The number of aromatic amines is 1. The van der Waals surface area contributed by atoms with E-state index in [0.717, 1.165) is 18.5 Å². The van der Waals surface area contributed by atoms with Crippen LogP contribution in [0.4, 0.5) is 0 Å². The molecule has 25 heavy (non-hydrogen) atoms. The summed E-state index contributed by atoms with van der Waals surface area (Å²) in [6.07, 6.45) is 3.57. The van der Waals surface area contributed by atoms with Crippen molar-refractivity contribution in [3.63, 3.8) is 0 Å². The number of H-pyrrole nitrogens is 1. The van der Waals surface area contributed by atoms with Crippen LogP contribution < -0.4 is 10.6 Å². The molecule has 1 aliphatic rings. The second-order valence-corrected chi connectivity index (χ2v) is 8.53. The second kappa shape index (κ2) is 8.39. The lowest BCUT2D eigenvalue weighted by Gasteiger charge is -2.16. The molecule has 1 aliphatic heterocycles. The molecular weight excluding hydrogens is 451 g/mol. The highest BCUT2D eigenvalue weighted by atomic mass is 127. The van der Waals surface area contributed by atoms with E-state index in [1.165, 1.54) is 16.5 Å². The Morgan fingerprint density at radius 2 is 2.20 bits per heavy atom. The Morgan fingerprint density at radius 1 is 1.40 bits per heavy atom. The normalized spacial score (nSPS) is 19.6. The fourth-order valence-electron chi connectivity index (χ4n) is 3.26. The van der Waals surface area contributed by atoms with Crippen LogP contribution in [-0.2, 0) is 16.3 Å². The SMILES string of the molecule is CN=C(NCCc1c[nH]c2cccc(C)c12)NC1CCS(=O)(=O)C1.I. The van der Waals surface area contributed by atoms with Crippen LogP contribution in [0.3, 0.4) is 0 Å². The lowest BCUT2D eigenvalue weighted by molar-refractivity contribution is 0.599. The monoisotopic (exact) mass is 476 g/mol. The number of benzene rings is 1. The summed E-state index contributed by atoms with van der Waals surface area (Å²) in [5, 5.41) is 7.76. The van der Waals surface area contributed by atoms with Crippen LogP contribution >= 0.6 is 24.0 Å². The van der Waals surface area contributed by atoms with Gasteiger partial charge in [0.05, 0.1) is 11.5 Å². The van der Waals surface area contributed by atoms with Crippen LogP contribution in [0.5, 0.6) is 0 Å². The van der Waals surface area contributed by atoms with Gasteiger partial charge in [-0.2, -0.15) is 0 Å². The van der Waals surface area contributed by atoms with Crippen molar-refractivity contribution in [1.29, 1.82) is 0 Å². The summed E-state index contributed by atoms with van der Waals surface area (Å²) in [6.45, 7) is 2.86. The predicted molar refractivity (Wildman–Crippen MR) is 114 cm³/mol. The van der Waals surface area contributed by atoms with Crippen molar-refractivity contribution in [2.75, 3.05) is 25.1 Å². The van der Waals surface area contributed by atoms with Crippen LogP contribution in [0, 0.1) is 6.92 Å². The summed E-state index contributed by atoms with van der Waals surface area (Å²) in [7, 11) is -1.18. The van der Waals surface area contributed by atoms with E-state index in [0.29, 0.717) is 12.4 Å². The van der Waals surface area contributed by atoms with Gasteiger partial charge in [-0.3, -0.25) is 4.99 Å². The molecule has 0 bridgehead atoms. The van der Waals surface area contributed by atoms with Crippen LogP contribution in [0.1, 0.15) is 17.5 Å². The number of aliphatic imine (C=N–C) groups is 1. The minimum absolute atomic E-state index is 0. The highest BCUT2D eigenvalue weighted by Crippen LogP contribution is 2.22. The third-order valence-electron chi connectivity index (χ3n) is 4.48. The van der Waals surface area contributed by atoms with Gasteiger partial charge in [-0.1, -0.05) is 12.1 Å². The van der Waals surface area contributed by atoms with E-state index < -0.39 is 9.84 Å². The van der Waals surface area contributed by atoms with Gasteiger partial charge in [0.2, 0.25) is 0 Å². The predicted octanol–water partition coefficient (Wildman–Crippen LogP) is 1.99. The molecule has 1 unspecified atom stereocenters. The fraction of sp³-hybridized carbons (Fsp3) is 0.471. The number of nitrogens with zero attached hydrogens (tertiary/aromatic N) is 1. The molecule has 0 spiro atoms. The number of hydrogen-bond acceptors (Lipinski definition) is 3. The highest BCUT2D eigenvalue weighted by Gasteiger charge is 2.28. The van der Waals surface area contributed by atoms with Crippen molar-refractivity contribution >= 4 is 50.7 Å². The lowest BCUT2D eigenvalue weighted by atomic mass is 10.1. The molecule has 0 radical (unpaired) electrons. The molecule has 1 aromatic carbocycles. The Hall–Kier alpha value is -1.29. The van der Waals surface area contributed by atoms with Crippen LogP contribution in [0.25, 0.3) is 10.9 Å². The molecule has 6 nitrogen and oxygen atoms in total. The quantitative estimate of drug-likeness (QED) is 0.358. The molecule has 8 heteroatoms. The molecule has 1 aromatic heterocycles. The van der Waals surface area contributed by atoms with Crippen molar-refractivity contribution in [2.24, 2.45) is 4.99 Å². The first-order valence-electron chi connectivity index (χ1n) is 8.22. The van der Waals surface area contributed by atoms with Gasteiger partial charge in [-0.25, -0.2) is 8.42 Å². The Labute approximate surface area is 165 Å². The topological polar surface area (TPSA) is 86.3 Å². The molecule has 3 rings (SSSR count). The third kappa shape index (κ3) is 4.87. The number of nitrogens with one attached hydrogen (secondary N) is 3. The second-order valence-electron chi connectivity index (χ2n) is 6.30. The number of rotatable bonds is 4. The molecule has 1 saturated heterocycles. The number of halogens is 1. The first-order valence-corrected chi connectivity index (χ1v) is 10.0. The molecular formula is C17H25IN4O2S.